The molecule has 4 rings (SSSR count). The van der Waals surface area contributed by atoms with Crippen LogP contribution in [0.1, 0.15) is 17.3 Å². The second-order valence-corrected chi connectivity index (χ2v) is 8.15. The second-order valence-electron chi connectivity index (χ2n) is 6.71. The Hall–Kier alpha value is -2.73. The molecule has 6 heteroatoms. The second kappa shape index (κ2) is 9.39. The van der Waals surface area contributed by atoms with Gasteiger partial charge < -0.3 is 9.30 Å². The highest BCUT2D eigenvalue weighted by atomic mass is 35.5. The number of halogens is 1. The van der Waals surface area contributed by atoms with Crippen molar-refractivity contribution in [2.45, 2.75) is 13.5 Å². The third kappa shape index (κ3) is 4.54. The number of fused-ring (bicyclic) bond motifs is 1. The highest BCUT2D eigenvalue weighted by molar-refractivity contribution is 7.16. The Morgan fingerprint density at radius 3 is 2.50 bits per heavy atom. The fourth-order valence-electron chi connectivity index (χ4n) is 3.24. The summed E-state index contributed by atoms with van der Waals surface area (Å²) in [6, 6.07) is 23.3. The van der Waals surface area contributed by atoms with Crippen LogP contribution in [0.3, 0.4) is 0 Å². The summed E-state index contributed by atoms with van der Waals surface area (Å²) in [6.07, 6.45) is 0. The Labute approximate surface area is 184 Å². The average molecular weight is 437 g/mol. The molecule has 0 atom stereocenters. The van der Waals surface area contributed by atoms with Gasteiger partial charge in [0.1, 0.15) is 0 Å². The van der Waals surface area contributed by atoms with Crippen molar-refractivity contribution in [1.29, 1.82) is 0 Å². The number of rotatable bonds is 6. The number of hydrogen-bond acceptors (Lipinski definition) is 3. The highest BCUT2D eigenvalue weighted by Gasteiger charge is 2.10. The molecule has 0 saturated heterocycles. The van der Waals surface area contributed by atoms with E-state index in [1.165, 1.54) is 11.3 Å². The predicted molar refractivity (Wildman–Crippen MR) is 123 cm³/mol. The lowest BCUT2D eigenvalue weighted by Gasteiger charge is -2.05. The van der Waals surface area contributed by atoms with Crippen LogP contribution in [-0.4, -0.2) is 23.7 Å². The highest BCUT2D eigenvalue weighted by Crippen LogP contribution is 2.22. The largest absolute Gasteiger partial charge is 0.380 e. The molecule has 1 aromatic heterocycles. The predicted octanol–water partition coefficient (Wildman–Crippen LogP) is 5.80. The van der Waals surface area contributed by atoms with E-state index >= 15 is 0 Å². The summed E-state index contributed by atoms with van der Waals surface area (Å²) in [5.41, 5.74) is 3.73. The number of nitrogens with zero attached hydrogens (tertiary/aromatic N) is 2. The maximum atomic E-state index is 12.9. The summed E-state index contributed by atoms with van der Waals surface area (Å²) in [5, 5.41) is 0.662. The van der Waals surface area contributed by atoms with Crippen LogP contribution >= 0.6 is 22.9 Å². The Kier molecular flexibility index (Phi) is 6.43. The fourth-order valence-corrected chi connectivity index (χ4v) is 4.57. The molecular weight excluding hydrogens is 416 g/mol. The molecule has 0 N–H and O–H groups in total. The summed E-state index contributed by atoms with van der Waals surface area (Å²) >= 11 is 7.60. The molecule has 1 amide bonds. The van der Waals surface area contributed by atoms with Crippen molar-refractivity contribution in [2.75, 3.05) is 13.2 Å². The first-order chi connectivity index (χ1) is 14.7. The molecule has 0 fully saturated rings. The lowest BCUT2D eigenvalue weighted by Crippen LogP contribution is -2.19. The van der Waals surface area contributed by atoms with Crippen molar-refractivity contribution in [3.63, 3.8) is 0 Å². The third-order valence-electron chi connectivity index (χ3n) is 4.74. The van der Waals surface area contributed by atoms with Crippen molar-refractivity contribution in [2.24, 2.45) is 4.99 Å². The van der Waals surface area contributed by atoms with Crippen molar-refractivity contribution >= 4 is 39.1 Å². The van der Waals surface area contributed by atoms with Gasteiger partial charge in [0, 0.05) is 23.7 Å². The molecule has 0 aliphatic rings. The minimum atomic E-state index is -0.266. The van der Waals surface area contributed by atoms with Crippen LogP contribution in [0.5, 0.6) is 0 Å². The van der Waals surface area contributed by atoms with E-state index in [1.807, 2.05) is 84.3 Å². The van der Waals surface area contributed by atoms with Gasteiger partial charge in [0.2, 0.25) is 0 Å². The molecular formula is C24H21ClN2O2S. The summed E-state index contributed by atoms with van der Waals surface area (Å²) in [5.74, 6) is -0.266. The van der Waals surface area contributed by atoms with Gasteiger partial charge in [-0.1, -0.05) is 65.4 Å². The molecule has 4 nitrogen and oxygen atoms in total. The Bertz CT molecular complexity index is 1230. The van der Waals surface area contributed by atoms with E-state index in [0.717, 1.165) is 21.3 Å². The molecule has 0 spiro atoms. The number of thiazole rings is 1. The van der Waals surface area contributed by atoms with Gasteiger partial charge in [0.05, 0.1) is 16.8 Å². The number of hydrogen-bond donors (Lipinski definition) is 0. The van der Waals surface area contributed by atoms with E-state index in [9.17, 15) is 4.79 Å². The summed E-state index contributed by atoms with van der Waals surface area (Å²) in [4.78, 5) is 17.9. The van der Waals surface area contributed by atoms with Crippen LogP contribution in [0.25, 0.3) is 21.3 Å². The minimum absolute atomic E-state index is 0.266. The standard InChI is InChI=1S/C24H21ClN2O2S/c1-2-29-15-14-27-21-13-12-20(25)16-22(21)30-24(27)26-23(28)19-10-8-18(9-11-19)17-6-4-3-5-7-17/h3-13,16H,2,14-15H2,1H3. The number of carbonyl (C=O) groups is 1. The average Bonchev–Trinajstić information content (AvgIpc) is 3.10. The van der Waals surface area contributed by atoms with Crippen LogP contribution < -0.4 is 4.80 Å². The Morgan fingerprint density at radius 1 is 1.03 bits per heavy atom. The van der Waals surface area contributed by atoms with Crippen molar-refractivity contribution < 1.29 is 9.53 Å². The summed E-state index contributed by atoms with van der Waals surface area (Å²) in [6.45, 7) is 3.78. The van der Waals surface area contributed by atoms with Gasteiger partial charge in [0.15, 0.2) is 4.80 Å². The zero-order valence-corrected chi connectivity index (χ0v) is 18.1. The van der Waals surface area contributed by atoms with E-state index in [2.05, 4.69) is 4.99 Å². The molecule has 0 saturated carbocycles. The maximum Gasteiger partial charge on any atom is 0.279 e. The molecule has 0 radical (unpaired) electrons. The van der Waals surface area contributed by atoms with Crippen LogP contribution in [0.4, 0.5) is 0 Å². The smallest absolute Gasteiger partial charge is 0.279 e. The molecule has 0 aliphatic heterocycles. The number of aromatic nitrogens is 1. The first-order valence-corrected chi connectivity index (χ1v) is 11.0. The molecule has 0 unspecified atom stereocenters. The first kappa shape index (κ1) is 20.5. The quantitative estimate of drug-likeness (QED) is 0.358. The monoisotopic (exact) mass is 436 g/mol. The lowest BCUT2D eigenvalue weighted by molar-refractivity contribution is 0.0996. The van der Waals surface area contributed by atoms with Gasteiger partial charge in [-0.3, -0.25) is 4.79 Å². The van der Waals surface area contributed by atoms with Gasteiger partial charge in [-0.2, -0.15) is 4.99 Å². The number of amides is 1. The van der Waals surface area contributed by atoms with E-state index in [4.69, 9.17) is 16.3 Å². The van der Waals surface area contributed by atoms with Crippen molar-refractivity contribution in [1.82, 2.24) is 4.57 Å². The van der Waals surface area contributed by atoms with Crippen molar-refractivity contribution in [3.8, 4) is 11.1 Å². The zero-order chi connectivity index (χ0) is 20.9. The van der Waals surface area contributed by atoms with Crippen LogP contribution in [0.2, 0.25) is 5.02 Å². The summed E-state index contributed by atoms with van der Waals surface area (Å²) < 4.78 is 8.52. The number of ether oxygens (including phenoxy) is 1. The molecule has 3 aromatic carbocycles. The number of benzene rings is 3. The van der Waals surface area contributed by atoms with Gasteiger partial charge in [-0.05, 0) is 48.4 Å². The van der Waals surface area contributed by atoms with Gasteiger partial charge in [-0.15, -0.1) is 0 Å². The summed E-state index contributed by atoms with van der Waals surface area (Å²) in [7, 11) is 0. The molecule has 4 aromatic rings. The number of carbonyl (C=O) groups excluding carboxylic acids is 1. The zero-order valence-electron chi connectivity index (χ0n) is 16.5. The maximum absolute atomic E-state index is 12.9. The molecule has 152 valence electrons. The van der Waals surface area contributed by atoms with E-state index in [-0.39, 0.29) is 5.91 Å². The van der Waals surface area contributed by atoms with Gasteiger partial charge in [-0.25, -0.2) is 0 Å². The van der Waals surface area contributed by atoms with E-state index in [1.54, 1.807) is 0 Å². The Morgan fingerprint density at radius 2 is 1.77 bits per heavy atom. The van der Waals surface area contributed by atoms with Crippen LogP contribution in [0.15, 0.2) is 77.8 Å². The normalized spacial score (nSPS) is 11.9. The fraction of sp³-hybridized carbons (Fsp3) is 0.167. The first-order valence-electron chi connectivity index (χ1n) is 9.77. The molecule has 0 aliphatic carbocycles. The minimum Gasteiger partial charge on any atom is -0.380 e. The van der Waals surface area contributed by atoms with Crippen LogP contribution in [0, 0.1) is 0 Å². The molecule has 0 bridgehead atoms. The topological polar surface area (TPSA) is 43.6 Å². The SMILES string of the molecule is CCOCCn1c(=NC(=O)c2ccc(-c3ccccc3)cc2)sc2cc(Cl)ccc21. The van der Waals surface area contributed by atoms with Crippen LogP contribution in [-0.2, 0) is 11.3 Å². The lowest BCUT2D eigenvalue weighted by atomic mass is 10.0. The van der Waals surface area contributed by atoms with Crippen molar-refractivity contribution in [3.05, 3.63) is 88.2 Å². The van der Waals surface area contributed by atoms with E-state index < -0.39 is 0 Å². The molecule has 30 heavy (non-hydrogen) atoms. The van der Waals surface area contributed by atoms with E-state index in [0.29, 0.717) is 35.1 Å². The molecule has 1 heterocycles. The Balaban J connectivity index is 1.67. The van der Waals surface area contributed by atoms with Gasteiger partial charge >= 0.3 is 0 Å². The third-order valence-corrected chi connectivity index (χ3v) is 6.02. The van der Waals surface area contributed by atoms with Gasteiger partial charge in [0.25, 0.3) is 5.91 Å².